The minimum absolute atomic E-state index is 0.499. The first-order valence-electron chi connectivity index (χ1n) is 5.82. The Hall–Kier alpha value is -2.66. The second-order valence-electron chi connectivity index (χ2n) is 3.95. The van der Waals surface area contributed by atoms with Crippen molar-refractivity contribution in [2.24, 2.45) is 5.84 Å². The van der Waals surface area contributed by atoms with Crippen LogP contribution in [0.25, 0.3) is 22.8 Å². The van der Waals surface area contributed by atoms with Crippen molar-refractivity contribution >= 4 is 5.82 Å². The van der Waals surface area contributed by atoms with Crippen LogP contribution in [-0.2, 0) is 0 Å². The first-order chi connectivity index (χ1) is 9.36. The summed E-state index contributed by atoms with van der Waals surface area (Å²) >= 11 is 0. The molecule has 0 unspecified atom stereocenters. The van der Waals surface area contributed by atoms with E-state index in [0.29, 0.717) is 17.4 Å². The summed E-state index contributed by atoms with van der Waals surface area (Å²) in [6, 6.07) is 15.2. The lowest BCUT2D eigenvalue weighted by Gasteiger charge is -2.06. The number of rotatable bonds is 3. The maximum absolute atomic E-state index is 5.45. The summed E-state index contributed by atoms with van der Waals surface area (Å²) in [6.07, 6.45) is 1.59. The van der Waals surface area contributed by atoms with Gasteiger partial charge in [0, 0.05) is 11.6 Å². The molecule has 3 aromatic rings. The summed E-state index contributed by atoms with van der Waals surface area (Å²) in [5.41, 5.74) is 4.33. The van der Waals surface area contributed by atoms with Gasteiger partial charge in [-0.25, -0.2) is 15.8 Å². The van der Waals surface area contributed by atoms with Gasteiger partial charge in [0.1, 0.15) is 5.82 Å². The summed E-state index contributed by atoms with van der Waals surface area (Å²) < 4.78 is 5.32. The lowest BCUT2D eigenvalue weighted by molar-refractivity contribution is 0.577. The highest BCUT2D eigenvalue weighted by Crippen LogP contribution is 2.23. The molecule has 1 aromatic carbocycles. The van der Waals surface area contributed by atoms with Crippen molar-refractivity contribution < 1.29 is 4.42 Å². The molecular formula is C14H12N4O. The Labute approximate surface area is 110 Å². The molecule has 3 N–H and O–H groups in total. The van der Waals surface area contributed by atoms with Crippen LogP contribution in [0.2, 0.25) is 0 Å². The third kappa shape index (κ3) is 2.31. The van der Waals surface area contributed by atoms with E-state index >= 15 is 0 Å². The van der Waals surface area contributed by atoms with Crippen molar-refractivity contribution in [3.8, 4) is 22.8 Å². The molecule has 2 aromatic heterocycles. The topological polar surface area (TPSA) is 77.0 Å². The Bertz CT molecular complexity index is 665. The Balaban J connectivity index is 2.13. The number of furan rings is 1. The van der Waals surface area contributed by atoms with Crippen LogP contribution in [0, 0.1) is 0 Å². The van der Waals surface area contributed by atoms with Crippen LogP contribution < -0.4 is 11.3 Å². The molecule has 3 rings (SSSR count). The Morgan fingerprint density at radius 1 is 1.00 bits per heavy atom. The molecule has 0 atom stereocenters. The molecule has 94 valence electrons. The second kappa shape index (κ2) is 4.91. The number of nitrogens with zero attached hydrogens (tertiary/aromatic N) is 2. The van der Waals surface area contributed by atoms with Crippen LogP contribution >= 0.6 is 0 Å². The lowest BCUT2D eigenvalue weighted by Crippen LogP contribution is -2.09. The Morgan fingerprint density at radius 2 is 1.84 bits per heavy atom. The van der Waals surface area contributed by atoms with Gasteiger partial charge in [0.05, 0.1) is 12.0 Å². The van der Waals surface area contributed by atoms with Crippen LogP contribution in [0.5, 0.6) is 0 Å². The Morgan fingerprint density at radius 3 is 2.53 bits per heavy atom. The van der Waals surface area contributed by atoms with Crippen molar-refractivity contribution in [2.45, 2.75) is 0 Å². The van der Waals surface area contributed by atoms with Gasteiger partial charge in [-0.2, -0.15) is 0 Å². The van der Waals surface area contributed by atoms with Crippen LogP contribution in [0.15, 0.2) is 59.2 Å². The van der Waals surface area contributed by atoms with E-state index in [-0.39, 0.29) is 0 Å². The van der Waals surface area contributed by atoms with Crippen LogP contribution in [-0.4, -0.2) is 9.97 Å². The molecule has 0 aliphatic rings. The molecule has 0 saturated carbocycles. The van der Waals surface area contributed by atoms with Crippen molar-refractivity contribution in [1.29, 1.82) is 0 Å². The summed E-state index contributed by atoms with van der Waals surface area (Å²) in [7, 11) is 0. The molecule has 0 saturated heterocycles. The molecule has 0 radical (unpaired) electrons. The van der Waals surface area contributed by atoms with Gasteiger partial charge in [-0.15, -0.1) is 0 Å². The highest BCUT2D eigenvalue weighted by molar-refractivity contribution is 5.65. The van der Waals surface area contributed by atoms with Gasteiger partial charge in [0.25, 0.3) is 0 Å². The molecule has 0 bridgehead atoms. The smallest absolute Gasteiger partial charge is 0.198 e. The number of hydrazine groups is 1. The maximum Gasteiger partial charge on any atom is 0.198 e. The van der Waals surface area contributed by atoms with E-state index in [9.17, 15) is 0 Å². The van der Waals surface area contributed by atoms with E-state index in [1.807, 2.05) is 36.4 Å². The van der Waals surface area contributed by atoms with E-state index in [2.05, 4.69) is 15.4 Å². The van der Waals surface area contributed by atoms with E-state index in [4.69, 9.17) is 10.3 Å². The van der Waals surface area contributed by atoms with E-state index < -0.39 is 0 Å². The Kier molecular flexibility index (Phi) is 2.96. The van der Waals surface area contributed by atoms with Crippen molar-refractivity contribution in [3.05, 3.63) is 54.8 Å². The van der Waals surface area contributed by atoms with Gasteiger partial charge in [0.15, 0.2) is 11.6 Å². The lowest BCUT2D eigenvalue weighted by atomic mass is 10.1. The fourth-order valence-corrected chi connectivity index (χ4v) is 1.79. The minimum atomic E-state index is 0.499. The SMILES string of the molecule is NNc1cc(-c2ccccc2)nc(-c2ccco2)n1. The molecule has 0 aliphatic carbocycles. The third-order valence-electron chi connectivity index (χ3n) is 2.69. The van der Waals surface area contributed by atoms with Gasteiger partial charge in [-0.3, -0.25) is 0 Å². The van der Waals surface area contributed by atoms with Crippen LogP contribution in [0.3, 0.4) is 0 Å². The molecule has 0 aliphatic heterocycles. The normalized spacial score (nSPS) is 10.4. The zero-order valence-corrected chi connectivity index (χ0v) is 10.1. The van der Waals surface area contributed by atoms with Gasteiger partial charge in [0.2, 0.25) is 0 Å². The fourth-order valence-electron chi connectivity index (χ4n) is 1.79. The minimum Gasteiger partial charge on any atom is -0.461 e. The number of anilines is 1. The zero-order valence-electron chi connectivity index (χ0n) is 10.1. The summed E-state index contributed by atoms with van der Waals surface area (Å²) in [4.78, 5) is 8.77. The first kappa shape index (κ1) is 11.4. The monoisotopic (exact) mass is 252 g/mol. The first-order valence-corrected chi connectivity index (χ1v) is 5.82. The zero-order chi connectivity index (χ0) is 13.1. The third-order valence-corrected chi connectivity index (χ3v) is 2.69. The largest absolute Gasteiger partial charge is 0.461 e. The molecule has 0 fully saturated rings. The number of hydrogen-bond donors (Lipinski definition) is 2. The average Bonchev–Trinajstić information content (AvgIpc) is 3.02. The van der Waals surface area contributed by atoms with Gasteiger partial charge < -0.3 is 9.84 Å². The molecule has 5 heteroatoms. The number of aromatic nitrogens is 2. The van der Waals surface area contributed by atoms with Crippen LogP contribution in [0.4, 0.5) is 5.82 Å². The number of nitrogens with one attached hydrogen (secondary N) is 1. The van der Waals surface area contributed by atoms with Crippen molar-refractivity contribution in [1.82, 2.24) is 9.97 Å². The molecule has 2 heterocycles. The number of hydrogen-bond acceptors (Lipinski definition) is 5. The number of nitrogens with two attached hydrogens (primary N) is 1. The van der Waals surface area contributed by atoms with Crippen LogP contribution in [0.1, 0.15) is 0 Å². The van der Waals surface area contributed by atoms with Gasteiger partial charge in [-0.1, -0.05) is 30.3 Å². The summed E-state index contributed by atoms with van der Waals surface area (Å²) in [5, 5.41) is 0. The highest BCUT2D eigenvalue weighted by Gasteiger charge is 2.09. The molecule has 5 nitrogen and oxygen atoms in total. The molecule has 0 spiro atoms. The average molecular weight is 252 g/mol. The standard InChI is InChI=1S/C14H12N4O/c15-18-13-9-11(10-5-2-1-3-6-10)16-14(17-13)12-7-4-8-19-12/h1-9H,15H2,(H,16,17,18). The molecular weight excluding hydrogens is 240 g/mol. The highest BCUT2D eigenvalue weighted by atomic mass is 16.3. The molecule has 19 heavy (non-hydrogen) atoms. The van der Waals surface area contributed by atoms with Crippen molar-refractivity contribution in [2.75, 3.05) is 5.43 Å². The van der Waals surface area contributed by atoms with E-state index in [1.54, 1.807) is 18.4 Å². The quantitative estimate of drug-likeness (QED) is 0.553. The fraction of sp³-hybridized carbons (Fsp3) is 0. The number of benzene rings is 1. The summed E-state index contributed by atoms with van der Waals surface area (Å²) in [6.45, 7) is 0. The van der Waals surface area contributed by atoms with Crippen molar-refractivity contribution in [3.63, 3.8) is 0 Å². The van der Waals surface area contributed by atoms with Gasteiger partial charge in [-0.05, 0) is 12.1 Å². The predicted molar refractivity (Wildman–Crippen MR) is 73.0 cm³/mol. The number of nitrogen functional groups attached to an aromatic ring is 1. The predicted octanol–water partition coefficient (Wildman–Crippen LogP) is 2.69. The second-order valence-corrected chi connectivity index (χ2v) is 3.95. The molecule has 0 amide bonds. The van der Waals surface area contributed by atoms with E-state index in [0.717, 1.165) is 11.3 Å². The van der Waals surface area contributed by atoms with E-state index in [1.165, 1.54) is 0 Å². The van der Waals surface area contributed by atoms with Gasteiger partial charge >= 0.3 is 0 Å². The summed E-state index contributed by atoms with van der Waals surface area (Å²) in [5.74, 6) is 7.10. The maximum atomic E-state index is 5.45.